The van der Waals surface area contributed by atoms with Crippen LogP contribution in [-0.2, 0) is 18.4 Å². The molecule has 0 aliphatic carbocycles. The Morgan fingerprint density at radius 3 is 2.81 bits per heavy atom. The summed E-state index contributed by atoms with van der Waals surface area (Å²) in [6, 6.07) is 9.99. The predicted molar refractivity (Wildman–Crippen MR) is 125 cm³/mol. The SMILES string of the molecule is COc1cccnc1N1CCC(C(=O)N2Cc3cnn(C)c3Nc3cc(C)ccc32)CC1. The number of anilines is 4. The van der Waals surface area contributed by atoms with Crippen molar-refractivity contribution in [2.75, 3.05) is 35.3 Å². The Labute approximate surface area is 187 Å². The Hall–Kier alpha value is -3.55. The number of rotatable bonds is 3. The first-order valence-electron chi connectivity index (χ1n) is 11.0. The zero-order chi connectivity index (χ0) is 22.2. The number of benzene rings is 1. The molecule has 3 aromatic rings. The fourth-order valence-corrected chi connectivity index (χ4v) is 4.66. The number of aryl methyl sites for hydroxylation is 2. The fraction of sp³-hybridized carbons (Fsp3) is 0.375. The van der Waals surface area contributed by atoms with Gasteiger partial charge in [-0.05, 0) is 49.6 Å². The second-order valence-corrected chi connectivity index (χ2v) is 8.50. The van der Waals surface area contributed by atoms with Gasteiger partial charge in [0.2, 0.25) is 5.91 Å². The molecule has 2 aliphatic rings. The summed E-state index contributed by atoms with van der Waals surface area (Å²) < 4.78 is 7.30. The fourth-order valence-electron chi connectivity index (χ4n) is 4.66. The first-order valence-corrected chi connectivity index (χ1v) is 11.0. The van der Waals surface area contributed by atoms with E-state index >= 15 is 0 Å². The highest BCUT2D eigenvalue weighted by molar-refractivity contribution is 5.99. The van der Waals surface area contributed by atoms with Crippen molar-refractivity contribution in [3.8, 4) is 5.75 Å². The zero-order valence-electron chi connectivity index (χ0n) is 18.7. The van der Waals surface area contributed by atoms with Crippen molar-refractivity contribution in [2.45, 2.75) is 26.3 Å². The third kappa shape index (κ3) is 3.55. The molecule has 1 N–H and O–H groups in total. The first kappa shape index (κ1) is 20.4. The Kier molecular flexibility index (Phi) is 5.20. The molecular formula is C24H28N6O2. The van der Waals surface area contributed by atoms with E-state index < -0.39 is 0 Å². The second-order valence-electron chi connectivity index (χ2n) is 8.50. The summed E-state index contributed by atoms with van der Waals surface area (Å²) in [5.41, 5.74) is 4.03. The number of hydrogen-bond donors (Lipinski definition) is 1. The van der Waals surface area contributed by atoms with Crippen LogP contribution in [0.5, 0.6) is 5.75 Å². The minimum atomic E-state index is -0.0340. The number of carbonyl (C=O) groups excluding carboxylic acids is 1. The molecule has 1 fully saturated rings. The molecule has 0 radical (unpaired) electrons. The van der Waals surface area contributed by atoms with Crippen LogP contribution in [0.1, 0.15) is 24.0 Å². The number of hydrogen-bond acceptors (Lipinski definition) is 6. The molecule has 5 rings (SSSR count). The number of piperidine rings is 1. The van der Waals surface area contributed by atoms with Crippen molar-refractivity contribution in [3.63, 3.8) is 0 Å². The van der Waals surface area contributed by atoms with Gasteiger partial charge in [0.05, 0.1) is 31.2 Å². The van der Waals surface area contributed by atoms with Gasteiger partial charge in [0, 0.05) is 37.8 Å². The van der Waals surface area contributed by atoms with Gasteiger partial charge in [-0.1, -0.05) is 6.07 Å². The van der Waals surface area contributed by atoms with E-state index in [1.165, 1.54) is 0 Å². The number of nitrogens with one attached hydrogen (secondary N) is 1. The molecule has 0 bridgehead atoms. The minimum absolute atomic E-state index is 0.0340. The predicted octanol–water partition coefficient (Wildman–Crippen LogP) is 3.64. The van der Waals surface area contributed by atoms with Crippen LogP contribution >= 0.6 is 0 Å². The van der Waals surface area contributed by atoms with Gasteiger partial charge in [-0.25, -0.2) is 4.98 Å². The highest BCUT2D eigenvalue weighted by Crippen LogP contribution is 2.38. The molecule has 32 heavy (non-hydrogen) atoms. The average molecular weight is 433 g/mol. The summed E-state index contributed by atoms with van der Waals surface area (Å²) in [5.74, 6) is 2.68. The van der Waals surface area contributed by atoms with Crippen LogP contribution in [-0.4, -0.2) is 40.9 Å². The van der Waals surface area contributed by atoms with E-state index in [0.29, 0.717) is 6.54 Å². The van der Waals surface area contributed by atoms with Gasteiger partial charge in [-0.15, -0.1) is 0 Å². The van der Waals surface area contributed by atoms with Crippen LogP contribution in [0.25, 0.3) is 0 Å². The first-order chi connectivity index (χ1) is 15.5. The van der Waals surface area contributed by atoms with Crippen LogP contribution in [0.15, 0.2) is 42.7 Å². The summed E-state index contributed by atoms with van der Waals surface area (Å²) >= 11 is 0. The van der Waals surface area contributed by atoms with E-state index in [9.17, 15) is 4.79 Å². The molecule has 166 valence electrons. The second kappa shape index (κ2) is 8.18. The van der Waals surface area contributed by atoms with Crippen molar-refractivity contribution < 1.29 is 9.53 Å². The van der Waals surface area contributed by atoms with Gasteiger partial charge in [-0.3, -0.25) is 9.48 Å². The number of amides is 1. The van der Waals surface area contributed by atoms with Gasteiger partial charge < -0.3 is 19.9 Å². The van der Waals surface area contributed by atoms with Gasteiger partial charge in [0.25, 0.3) is 0 Å². The van der Waals surface area contributed by atoms with Gasteiger partial charge in [0.1, 0.15) is 5.82 Å². The molecule has 0 spiro atoms. The van der Waals surface area contributed by atoms with E-state index in [-0.39, 0.29) is 11.8 Å². The van der Waals surface area contributed by atoms with E-state index in [2.05, 4.69) is 39.4 Å². The number of aromatic nitrogens is 3. The summed E-state index contributed by atoms with van der Waals surface area (Å²) in [7, 11) is 3.58. The Bertz CT molecular complexity index is 1150. The summed E-state index contributed by atoms with van der Waals surface area (Å²) in [4.78, 5) is 22.4. The lowest BCUT2D eigenvalue weighted by atomic mass is 9.94. The maximum atomic E-state index is 13.7. The average Bonchev–Trinajstić information content (AvgIpc) is 3.07. The van der Waals surface area contributed by atoms with Gasteiger partial charge >= 0.3 is 0 Å². The highest BCUT2D eigenvalue weighted by atomic mass is 16.5. The molecule has 1 amide bonds. The number of ether oxygens (including phenoxy) is 1. The van der Waals surface area contributed by atoms with E-state index in [4.69, 9.17) is 4.74 Å². The molecule has 2 aromatic heterocycles. The topological polar surface area (TPSA) is 75.5 Å². The van der Waals surface area contributed by atoms with Crippen molar-refractivity contribution >= 4 is 28.9 Å². The standard InChI is InChI=1S/C24H28N6O2/c1-16-6-7-20-19(13-16)27-22-18(14-26-28(22)2)15-30(20)24(31)17-8-11-29(12-9-17)23-21(32-3)5-4-10-25-23/h4-7,10,13-14,17,27H,8-9,11-12,15H2,1-3H3. The lowest BCUT2D eigenvalue weighted by Gasteiger charge is -2.35. The number of pyridine rings is 1. The minimum Gasteiger partial charge on any atom is -0.493 e. The molecule has 0 saturated carbocycles. The lowest BCUT2D eigenvalue weighted by molar-refractivity contribution is -0.123. The molecule has 4 heterocycles. The maximum absolute atomic E-state index is 13.7. The number of carbonyl (C=O) groups is 1. The normalized spacial score (nSPS) is 16.1. The van der Waals surface area contributed by atoms with E-state index in [1.807, 2.05) is 41.0 Å². The Balaban J connectivity index is 1.39. The summed E-state index contributed by atoms with van der Waals surface area (Å²) in [6.07, 6.45) is 5.19. The van der Waals surface area contributed by atoms with E-state index in [0.717, 1.165) is 65.8 Å². The monoisotopic (exact) mass is 432 g/mol. The number of methoxy groups -OCH3 is 1. The molecule has 0 unspecified atom stereocenters. The van der Waals surface area contributed by atoms with Crippen molar-refractivity contribution in [1.82, 2.24) is 14.8 Å². The third-order valence-corrected chi connectivity index (χ3v) is 6.42. The molecule has 8 nitrogen and oxygen atoms in total. The molecule has 1 aromatic carbocycles. The quantitative estimate of drug-likeness (QED) is 0.681. The molecule has 1 saturated heterocycles. The Morgan fingerprint density at radius 2 is 2.03 bits per heavy atom. The maximum Gasteiger partial charge on any atom is 0.230 e. The van der Waals surface area contributed by atoms with Crippen molar-refractivity contribution in [3.05, 3.63) is 53.9 Å². The summed E-state index contributed by atoms with van der Waals surface area (Å²) in [6.45, 7) is 4.12. The van der Waals surface area contributed by atoms with Crippen LogP contribution in [0.3, 0.4) is 0 Å². The third-order valence-electron chi connectivity index (χ3n) is 6.42. The number of fused-ring (bicyclic) bond motifs is 2. The van der Waals surface area contributed by atoms with Crippen LogP contribution < -0.4 is 19.9 Å². The van der Waals surface area contributed by atoms with Crippen LogP contribution in [0.2, 0.25) is 0 Å². The van der Waals surface area contributed by atoms with Crippen LogP contribution in [0, 0.1) is 12.8 Å². The highest BCUT2D eigenvalue weighted by Gasteiger charge is 2.33. The largest absolute Gasteiger partial charge is 0.493 e. The van der Waals surface area contributed by atoms with E-state index in [1.54, 1.807) is 13.3 Å². The molecular weight excluding hydrogens is 404 g/mol. The molecule has 2 aliphatic heterocycles. The van der Waals surface area contributed by atoms with Crippen molar-refractivity contribution in [2.24, 2.45) is 13.0 Å². The summed E-state index contributed by atoms with van der Waals surface area (Å²) in [5, 5.41) is 7.89. The van der Waals surface area contributed by atoms with Crippen LogP contribution in [0.4, 0.5) is 23.0 Å². The zero-order valence-corrected chi connectivity index (χ0v) is 18.7. The smallest absolute Gasteiger partial charge is 0.230 e. The Morgan fingerprint density at radius 1 is 1.22 bits per heavy atom. The number of nitrogens with zero attached hydrogens (tertiary/aromatic N) is 5. The van der Waals surface area contributed by atoms with Gasteiger partial charge in [0.15, 0.2) is 11.6 Å². The van der Waals surface area contributed by atoms with Gasteiger partial charge in [-0.2, -0.15) is 5.10 Å². The lowest BCUT2D eigenvalue weighted by Crippen LogP contribution is -2.42. The van der Waals surface area contributed by atoms with Crippen molar-refractivity contribution in [1.29, 1.82) is 0 Å². The molecule has 0 atom stereocenters. The molecule has 8 heteroatoms.